The predicted octanol–water partition coefficient (Wildman–Crippen LogP) is 3.88. The third-order valence-corrected chi connectivity index (χ3v) is 4.50. The van der Waals surface area contributed by atoms with Crippen LogP contribution in [0, 0.1) is 13.8 Å². The molecule has 0 unspecified atom stereocenters. The molecule has 1 amide bonds. The molecule has 0 aliphatic carbocycles. The lowest BCUT2D eigenvalue weighted by molar-refractivity contribution is 0.0954. The van der Waals surface area contributed by atoms with Crippen LogP contribution in [-0.2, 0) is 0 Å². The first-order chi connectivity index (χ1) is 13.5. The number of para-hydroxylation sites is 1. The van der Waals surface area contributed by atoms with E-state index in [1.54, 1.807) is 31.5 Å². The largest absolute Gasteiger partial charge is 0.493 e. The summed E-state index contributed by atoms with van der Waals surface area (Å²) in [5, 5.41) is 4.12. The van der Waals surface area contributed by atoms with Crippen LogP contribution in [0.5, 0.6) is 11.5 Å². The fourth-order valence-corrected chi connectivity index (χ4v) is 3.10. The van der Waals surface area contributed by atoms with E-state index in [0.717, 1.165) is 22.6 Å². The van der Waals surface area contributed by atoms with Crippen molar-refractivity contribution in [1.29, 1.82) is 0 Å². The van der Waals surface area contributed by atoms with E-state index in [-0.39, 0.29) is 5.91 Å². The van der Waals surface area contributed by atoms with Gasteiger partial charge < -0.3 is 14.0 Å². The van der Waals surface area contributed by atoms with Gasteiger partial charge in [0.05, 0.1) is 20.4 Å². The summed E-state index contributed by atoms with van der Waals surface area (Å²) in [6.45, 7) is 4.07. The summed E-state index contributed by atoms with van der Waals surface area (Å²) < 4.78 is 12.6. The molecule has 1 N–H and O–H groups in total. The molecule has 28 heavy (non-hydrogen) atoms. The van der Waals surface area contributed by atoms with E-state index in [0.29, 0.717) is 17.1 Å². The van der Waals surface area contributed by atoms with Crippen molar-refractivity contribution in [2.45, 2.75) is 13.8 Å². The fourth-order valence-electron chi connectivity index (χ4n) is 3.10. The van der Waals surface area contributed by atoms with E-state index in [9.17, 15) is 4.79 Å². The van der Waals surface area contributed by atoms with Gasteiger partial charge >= 0.3 is 0 Å². The first-order valence-electron chi connectivity index (χ1n) is 8.85. The minimum atomic E-state index is -0.325. The van der Waals surface area contributed by atoms with Gasteiger partial charge in [-0.2, -0.15) is 5.10 Å². The van der Waals surface area contributed by atoms with Crippen LogP contribution in [0.2, 0.25) is 0 Å². The molecule has 1 heterocycles. The molecule has 0 radical (unpaired) electrons. The van der Waals surface area contributed by atoms with Crippen LogP contribution < -0.4 is 14.9 Å². The molecule has 0 aliphatic heterocycles. The van der Waals surface area contributed by atoms with Crippen molar-refractivity contribution < 1.29 is 14.3 Å². The number of benzene rings is 2. The number of nitrogens with zero attached hydrogens (tertiary/aromatic N) is 2. The zero-order valence-electron chi connectivity index (χ0n) is 16.4. The standard InChI is InChI=1S/C22H23N3O3/c1-15-12-18(16(2)25(15)19-8-6-5-7-9-19)14-23-24-22(26)17-10-11-20(27-3)21(13-17)28-4/h5-14H,1-4H3,(H,24,26)/b23-14-. The molecule has 0 aliphatic rings. The van der Waals surface area contributed by atoms with E-state index in [2.05, 4.69) is 27.2 Å². The van der Waals surface area contributed by atoms with Crippen molar-refractivity contribution in [2.24, 2.45) is 5.10 Å². The molecule has 1 aromatic heterocycles. The quantitative estimate of drug-likeness (QED) is 0.524. The molecule has 144 valence electrons. The molecule has 0 atom stereocenters. The molecular weight excluding hydrogens is 354 g/mol. The smallest absolute Gasteiger partial charge is 0.271 e. The maximum Gasteiger partial charge on any atom is 0.271 e. The van der Waals surface area contributed by atoms with Gasteiger partial charge in [-0.05, 0) is 50.2 Å². The molecule has 0 spiro atoms. The number of aryl methyl sites for hydroxylation is 1. The van der Waals surface area contributed by atoms with Crippen molar-refractivity contribution in [3.63, 3.8) is 0 Å². The Hall–Kier alpha value is -3.54. The minimum absolute atomic E-state index is 0.325. The second-order valence-corrected chi connectivity index (χ2v) is 6.27. The number of nitrogens with one attached hydrogen (secondary N) is 1. The minimum Gasteiger partial charge on any atom is -0.493 e. The molecule has 0 saturated heterocycles. The molecule has 0 bridgehead atoms. The monoisotopic (exact) mass is 377 g/mol. The number of amides is 1. The van der Waals surface area contributed by atoms with Crippen LogP contribution in [0.15, 0.2) is 59.7 Å². The van der Waals surface area contributed by atoms with Gasteiger partial charge in [-0.3, -0.25) is 4.79 Å². The summed E-state index contributed by atoms with van der Waals surface area (Å²) in [4.78, 5) is 12.4. The topological polar surface area (TPSA) is 64.8 Å². The molecule has 6 nitrogen and oxygen atoms in total. The maximum absolute atomic E-state index is 12.4. The highest BCUT2D eigenvalue weighted by atomic mass is 16.5. The molecule has 3 aromatic rings. The Labute approximate surface area is 164 Å². The van der Waals surface area contributed by atoms with E-state index in [1.165, 1.54) is 7.11 Å². The highest BCUT2D eigenvalue weighted by Crippen LogP contribution is 2.27. The Balaban J connectivity index is 1.76. The van der Waals surface area contributed by atoms with Crippen molar-refractivity contribution in [3.05, 3.63) is 77.1 Å². The highest BCUT2D eigenvalue weighted by Gasteiger charge is 2.11. The number of carbonyl (C=O) groups excluding carboxylic acids is 1. The fraction of sp³-hybridized carbons (Fsp3) is 0.182. The van der Waals surface area contributed by atoms with Gasteiger partial charge in [0.15, 0.2) is 11.5 Å². The number of hydrogen-bond donors (Lipinski definition) is 1. The Morgan fingerprint density at radius 2 is 1.71 bits per heavy atom. The van der Waals surface area contributed by atoms with Crippen molar-refractivity contribution in [3.8, 4) is 17.2 Å². The number of carbonyl (C=O) groups is 1. The van der Waals surface area contributed by atoms with Crippen LogP contribution in [0.25, 0.3) is 5.69 Å². The predicted molar refractivity (Wildman–Crippen MR) is 110 cm³/mol. The van der Waals surface area contributed by atoms with Gasteiger partial charge in [0, 0.05) is 28.2 Å². The van der Waals surface area contributed by atoms with E-state index < -0.39 is 0 Å². The SMILES string of the molecule is COc1ccc(C(=O)N/N=C\c2cc(C)n(-c3ccccc3)c2C)cc1OC. The summed E-state index contributed by atoms with van der Waals surface area (Å²) in [5.74, 6) is 0.732. The Kier molecular flexibility index (Phi) is 5.79. The Morgan fingerprint density at radius 3 is 2.39 bits per heavy atom. The average molecular weight is 377 g/mol. The second kappa shape index (κ2) is 8.43. The molecule has 0 fully saturated rings. The highest BCUT2D eigenvalue weighted by molar-refractivity contribution is 5.95. The number of methoxy groups -OCH3 is 2. The first kappa shape index (κ1) is 19.2. The molecule has 0 saturated carbocycles. The lowest BCUT2D eigenvalue weighted by Crippen LogP contribution is -2.17. The normalized spacial score (nSPS) is 10.9. The molecule has 2 aromatic carbocycles. The van der Waals surface area contributed by atoms with Crippen LogP contribution >= 0.6 is 0 Å². The van der Waals surface area contributed by atoms with Crippen molar-refractivity contribution in [2.75, 3.05) is 14.2 Å². The van der Waals surface area contributed by atoms with Gasteiger partial charge in [0.1, 0.15) is 0 Å². The van der Waals surface area contributed by atoms with Crippen LogP contribution in [0.4, 0.5) is 0 Å². The Morgan fingerprint density at radius 1 is 1.00 bits per heavy atom. The first-order valence-corrected chi connectivity index (χ1v) is 8.85. The van der Waals surface area contributed by atoms with Gasteiger partial charge in [-0.25, -0.2) is 5.43 Å². The lowest BCUT2D eigenvalue weighted by atomic mass is 10.2. The third-order valence-electron chi connectivity index (χ3n) is 4.50. The van der Waals surface area contributed by atoms with Gasteiger partial charge in [-0.1, -0.05) is 18.2 Å². The molecule has 6 heteroatoms. The molecule has 3 rings (SSSR count). The van der Waals surface area contributed by atoms with Gasteiger partial charge in [-0.15, -0.1) is 0 Å². The average Bonchev–Trinajstić information content (AvgIpc) is 3.01. The zero-order chi connectivity index (χ0) is 20.1. The van der Waals surface area contributed by atoms with Gasteiger partial charge in [0.2, 0.25) is 0 Å². The number of ether oxygens (including phenoxy) is 2. The van der Waals surface area contributed by atoms with E-state index in [4.69, 9.17) is 9.47 Å². The van der Waals surface area contributed by atoms with E-state index >= 15 is 0 Å². The molecular formula is C22H23N3O3. The van der Waals surface area contributed by atoms with Crippen LogP contribution in [0.1, 0.15) is 27.3 Å². The number of hydrazone groups is 1. The summed E-state index contributed by atoms with van der Waals surface area (Å²) in [5.41, 5.74) is 7.16. The summed E-state index contributed by atoms with van der Waals surface area (Å²) in [7, 11) is 3.08. The van der Waals surface area contributed by atoms with E-state index in [1.807, 2.05) is 38.1 Å². The van der Waals surface area contributed by atoms with Crippen LogP contribution in [-0.4, -0.2) is 30.9 Å². The van der Waals surface area contributed by atoms with Crippen LogP contribution in [0.3, 0.4) is 0 Å². The maximum atomic E-state index is 12.4. The lowest BCUT2D eigenvalue weighted by Gasteiger charge is -2.09. The van der Waals surface area contributed by atoms with Crippen molar-refractivity contribution in [1.82, 2.24) is 9.99 Å². The number of aromatic nitrogens is 1. The third kappa shape index (κ3) is 3.91. The zero-order valence-corrected chi connectivity index (χ0v) is 16.4. The number of rotatable bonds is 6. The summed E-state index contributed by atoms with van der Waals surface area (Å²) in [6, 6.07) is 17.1. The second-order valence-electron chi connectivity index (χ2n) is 6.27. The number of hydrogen-bond acceptors (Lipinski definition) is 4. The van der Waals surface area contributed by atoms with Crippen molar-refractivity contribution >= 4 is 12.1 Å². The van der Waals surface area contributed by atoms with Gasteiger partial charge in [0.25, 0.3) is 5.91 Å². The summed E-state index contributed by atoms with van der Waals surface area (Å²) >= 11 is 0. The summed E-state index contributed by atoms with van der Waals surface area (Å²) in [6.07, 6.45) is 1.65. The Bertz CT molecular complexity index is 1010.